The van der Waals surface area contributed by atoms with Crippen LogP contribution in [0.2, 0.25) is 5.02 Å². The Balaban J connectivity index is 1.62. The number of amides is 2. The number of carbonyl (C=O) groups excluding carboxylic acids is 2. The van der Waals surface area contributed by atoms with E-state index in [0.29, 0.717) is 23.7 Å². The minimum absolute atomic E-state index is 0.145. The van der Waals surface area contributed by atoms with Gasteiger partial charge in [-0.3, -0.25) is 20.4 Å². The van der Waals surface area contributed by atoms with Gasteiger partial charge in [-0.05, 0) is 61.4 Å². The molecule has 0 aliphatic carbocycles. The fourth-order valence-electron chi connectivity index (χ4n) is 2.71. The van der Waals surface area contributed by atoms with Crippen LogP contribution in [0.3, 0.4) is 0 Å². The zero-order valence-corrected chi connectivity index (χ0v) is 15.9. The van der Waals surface area contributed by atoms with Gasteiger partial charge in [-0.2, -0.15) is 4.31 Å². The Labute approximate surface area is 162 Å². The van der Waals surface area contributed by atoms with E-state index in [1.165, 1.54) is 40.7 Å². The fourth-order valence-corrected chi connectivity index (χ4v) is 4.36. The largest absolute Gasteiger partial charge is 0.269 e. The van der Waals surface area contributed by atoms with Crippen molar-refractivity contribution >= 4 is 33.4 Å². The molecule has 0 radical (unpaired) electrons. The van der Waals surface area contributed by atoms with Crippen LogP contribution in [0.25, 0.3) is 0 Å². The van der Waals surface area contributed by atoms with Crippen LogP contribution in [0.5, 0.6) is 0 Å². The SMILES string of the molecule is O=C(NNC(=O)c1ccc(S(=O)(=O)N2CCCC2)cc1)c1ccc(Cl)cc1. The van der Waals surface area contributed by atoms with Crippen LogP contribution in [0.15, 0.2) is 53.4 Å². The summed E-state index contributed by atoms with van der Waals surface area (Å²) >= 11 is 5.76. The lowest BCUT2D eigenvalue weighted by Gasteiger charge is -2.15. The number of hydrogen-bond donors (Lipinski definition) is 2. The first-order valence-electron chi connectivity index (χ1n) is 8.34. The fraction of sp³-hybridized carbons (Fsp3) is 0.222. The van der Waals surface area contributed by atoms with E-state index in [9.17, 15) is 18.0 Å². The van der Waals surface area contributed by atoms with Crippen molar-refractivity contribution in [3.63, 3.8) is 0 Å². The molecule has 7 nitrogen and oxygen atoms in total. The number of halogens is 1. The van der Waals surface area contributed by atoms with E-state index in [1.54, 1.807) is 12.1 Å². The monoisotopic (exact) mass is 407 g/mol. The predicted molar refractivity (Wildman–Crippen MR) is 101 cm³/mol. The summed E-state index contributed by atoms with van der Waals surface area (Å²) in [5.41, 5.74) is 5.16. The van der Waals surface area contributed by atoms with Crippen LogP contribution >= 0.6 is 11.6 Å². The highest BCUT2D eigenvalue weighted by Gasteiger charge is 2.27. The van der Waals surface area contributed by atoms with Gasteiger partial charge in [-0.1, -0.05) is 11.6 Å². The van der Waals surface area contributed by atoms with Crippen molar-refractivity contribution in [2.24, 2.45) is 0 Å². The molecule has 1 fully saturated rings. The maximum atomic E-state index is 12.5. The van der Waals surface area contributed by atoms with E-state index in [2.05, 4.69) is 10.9 Å². The maximum absolute atomic E-state index is 12.5. The Hall–Kier alpha value is -2.42. The number of benzene rings is 2. The average molecular weight is 408 g/mol. The summed E-state index contributed by atoms with van der Waals surface area (Å²) in [6, 6.07) is 11.8. The molecule has 1 heterocycles. The van der Waals surface area contributed by atoms with Crippen molar-refractivity contribution in [1.82, 2.24) is 15.2 Å². The van der Waals surface area contributed by atoms with Crippen molar-refractivity contribution in [2.45, 2.75) is 17.7 Å². The number of carbonyl (C=O) groups is 2. The zero-order valence-electron chi connectivity index (χ0n) is 14.3. The number of nitrogens with one attached hydrogen (secondary N) is 2. The third kappa shape index (κ3) is 4.47. The van der Waals surface area contributed by atoms with Crippen LogP contribution in [0.1, 0.15) is 33.6 Å². The van der Waals surface area contributed by atoms with E-state index < -0.39 is 21.8 Å². The summed E-state index contributed by atoms with van der Waals surface area (Å²) in [4.78, 5) is 24.3. The Bertz CT molecular complexity index is 938. The number of hydrogen-bond acceptors (Lipinski definition) is 4. The third-order valence-corrected chi connectivity index (χ3v) is 6.38. The molecule has 3 rings (SSSR count). The van der Waals surface area contributed by atoms with Gasteiger partial charge in [0.05, 0.1) is 4.90 Å². The second-order valence-corrected chi connectivity index (χ2v) is 8.43. The lowest BCUT2D eigenvalue weighted by atomic mass is 10.2. The predicted octanol–water partition coefficient (Wildman–Crippen LogP) is 2.20. The lowest BCUT2D eigenvalue weighted by Crippen LogP contribution is -2.41. The van der Waals surface area contributed by atoms with Crippen LogP contribution in [0.4, 0.5) is 0 Å². The molecule has 27 heavy (non-hydrogen) atoms. The Morgan fingerprint density at radius 3 is 1.74 bits per heavy atom. The van der Waals surface area contributed by atoms with Crippen molar-refractivity contribution in [3.8, 4) is 0 Å². The van der Waals surface area contributed by atoms with E-state index in [0.717, 1.165) is 12.8 Å². The molecule has 2 aromatic rings. The minimum Gasteiger partial charge on any atom is -0.267 e. The standard InChI is InChI=1S/C18H18ClN3O4S/c19-15-7-3-13(4-8-15)17(23)20-21-18(24)14-5-9-16(10-6-14)27(25,26)22-11-1-2-12-22/h3-10H,1-2,11-12H2,(H,20,23)(H,21,24). The lowest BCUT2D eigenvalue weighted by molar-refractivity contribution is 0.0846. The van der Waals surface area contributed by atoms with E-state index >= 15 is 0 Å². The third-order valence-electron chi connectivity index (χ3n) is 4.22. The van der Waals surface area contributed by atoms with Gasteiger partial charge in [0.1, 0.15) is 0 Å². The average Bonchev–Trinajstić information content (AvgIpc) is 3.22. The second kappa shape index (κ2) is 8.08. The highest BCUT2D eigenvalue weighted by Crippen LogP contribution is 2.21. The summed E-state index contributed by atoms with van der Waals surface area (Å²) in [6.07, 6.45) is 1.71. The number of hydrazine groups is 1. The van der Waals surface area contributed by atoms with Gasteiger partial charge >= 0.3 is 0 Å². The maximum Gasteiger partial charge on any atom is 0.269 e. The van der Waals surface area contributed by atoms with E-state index in [4.69, 9.17) is 11.6 Å². The van der Waals surface area contributed by atoms with Crippen LogP contribution in [-0.2, 0) is 10.0 Å². The second-order valence-electron chi connectivity index (χ2n) is 6.05. The molecule has 0 atom stereocenters. The van der Waals surface area contributed by atoms with Crippen molar-refractivity contribution < 1.29 is 18.0 Å². The van der Waals surface area contributed by atoms with Gasteiger partial charge in [0, 0.05) is 29.2 Å². The molecule has 1 saturated heterocycles. The first-order chi connectivity index (χ1) is 12.9. The molecule has 9 heteroatoms. The highest BCUT2D eigenvalue weighted by atomic mass is 35.5. The van der Waals surface area contributed by atoms with E-state index in [-0.39, 0.29) is 10.5 Å². The Morgan fingerprint density at radius 1 is 0.815 bits per heavy atom. The quantitative estimate of drug-likeness (QED) is 0.759. The van der Waals surface area contributed by atoms with Crippen LogP contribution in [-0.4, -0.2) is 37.6 Å². The molecule has 142 valence electrons. The molecule has 0 aromatic heterocycles. The first kappa shape index (κ1) is 19.3. The molecule has 1 aliphatic heterocycles. The topological polar surface area (TPSA) is 95.6 Å². The molecule has 0 bridgehead atoms. The summed E-state index contributed by atoms with van der Waals surface area (Å²) < 4.78 is 26.4. The molecule has 0 unspecified atom stereocenters. The van der Waals surface area contributed by atoms with Gasteiger partial charge in [0.25, 0.3) is 11.8 Å². The Kier molecular flexibility index (Phi) is 5.79. The summed E-state index contributed by atoms with van der Waals surface area (Å²) in [6.45, 7) is 1.03. The molecule has 0 spiro atoms. The molecule has 2 amide bonds. The van der Waals surface area contributed by atoms with Crippen LogP contribution in [0, 0.1) is 0 Å². The van der Waals surface area contributed by atoms with Crippen molar-refractivity contribution in [1.29, 1.82) is 0 Å². The molecular weight excluding hydrogens is 390 g/mol. The van der Waals surface area contributed by atoms with Gasteiger partial charge < -0.3 is 0 Å². The van der Waals surface area contributed by atoms with Crippen molar-refractivity contribution in [3.05, 3.63) is 64.7 Å². The summed E-state index contributed by atoms with van der Waals surface area (Å²) in [5.74, 6) is -1.05. The number of sulfonamides is 1. The zero-order chi connectivity index (χ0) is 19.4. The molecule has 2 aromatic carbocycles. The number of nitrogens with zero attached hydrogens (tertiary/aromatic N) is 1. The smallest absolute Gasteiger partial charge is 0.267 e. The first-order valence-corrected chi connectivity index (χ1v) is 10.2. The minimum atomic E-state index is -3.53. The van der Waals surface area contributed by atoms with Crippen molar-refractivity contribution in [2.75, 3.05) is 13.1 Å². The summed E-state index contributed by atoms with van der Waals surface area (Å²) in [7, 11) is -3.53. The Morgan fingerprint density at radius 2 is 1.26 bits per heavy atom. The van der Waals surface area contributed by atoms with Gasteiger partial charge in [0.2, 0.25) is 10.0 Å². The molecule has 1 aliphatic rings. The molecule has 2 N–H and O–H groups in total. The van der Waals surface area contributed by atoms with E-state index in [1.807, 2.05) is 0 Å². The highest BCUT2D eigenvalue weighted by molar-refractivity contribution is 7.89. The molecule has 0 saturated carbocycles. The summed E-state index contributed by atoms with van der Waals surface area (Å²) in [5, 5.41) is 0.500. The molecular formula is C18H18ClN3O4S. The van der Waals surface area contributed by atoms with Gasteiger partial charge in [0.15, 0.2) is 0 Å². The van der Waals surface area contributed by atoms with Crippen LogP contribution < -0.4 is 10.9 Å². The van der Waals surface area contributed by atoms with Gasteiger partial charge in [-0.15, -0.1) is 0 Å². The number of rotatable bonds is 4. The normalized spacial score (nSPS) is 14.7. The van der Waals surface area contributed by atoms with Gasteiger partial charge in [-0.25, -0.2) is 8.42 Å².